The molecule has 0 saturated heterocycles. The van der Waals surface area contributed by atoms with E-state index in [9.17, 15) is 9.59 Å². The van der Waals surface area contributed by atoms with Gasteiger partial charge in [-0.15, -0.1) is 11.3 Å². The molecule has 3 N–H and O–H groups in total. The second-order valence-electron chi connectivity index (χ2n) is 4.10. The highest BCUT2D eigenvalue weighted by Gasteiger charge is 2.17. The van der Waals surface area contributed by atoms with Gasteiger partial charge in [-0.1, -0.05) is 30.3 Å². The number of pyridine rings is 1. The molecule has 3 rings (SSSR count). The number of rotatable bonds is 2. The zero-order valence-corrected chi connectivity index (χ0v) is 10.7. The first kappa shape index (κ1) is 11.7. The fraction of sp³-hybridized carbons (Fsp3) is 0. The summed E-state index contributed by atoms with van der Waals surface area (Å²) in [5, 5.41) is 0.838. The molecule has 0 spiro atoms. The summed E-state index contributed by atoms with van der Waals surface area (Å²) in [4.78, 5) is 26.8. The minimum absolute atomic E-state index is 0.190. The minimum Gasteiger partial charge on any atom is -0.365 e. The van der Waals surface area contributed by atoms with Crippen molar-refractivity contribution >= 4 is 27.5 Å². The Kier molecular flexibility index (Phi) is 2.68. The van der Waals surface area contributed by atoms with E-state index < -0.39 is 5.91 Å². The maximum atomic E-state index is 11.6. The van der Waals surface area contributed by atoms with Crippen LogP contribution in [0.1, 0.15) is 9.67 Å². The Labute approximate surface area is 112 Å². The minimum atomic E-state index is -0.485. The van der Waals surface area contributed by atoms with Gasteiger partial charge in [-0.2, -0.15) is 0 Å². The van der Waals surface area contributed by atoms with Crippen molar-refractivity contribution in [3.63, 3.8) is 0 Å². The van der Waals surface area contributed by atoms with E-state index in [0.29, 0.717) is 9.71 Å². The van der Waals surface area contributed by atoms with Crippen LogP contribution in [0.25, 0.3) is 21.3 Å². The fourth-order valence-electron chi connectivity index (χ4n) is 2.07. The number of H-pyrrole nitrogens is 1. The molecule has 1 aromatic carbocycles. The Balaban J connectivity index is 2.41. The monoisotopic (exact) mass is 270 g/mol. The lowest BCUT2D eigenvalue weighted by Crippen LogP contribution is -2.09. The fourth-order valence-corrected chi connectivity index (χ4v) is 3.14. The Hall–Kier alpha value is -2.40. The van der Waals surface area contributed by atoms with Crippen molar-refractivity contribution in [3.8, 4) is 11.1 Å². The number of carbonyl (C=O) groups is 1. The molecule has 19 heavy (non-hydrogen) atoms. The van der Waals surface area contributed by atoms with Crippen LogP contribution in [0.2, 0.25) is 0 Å². The van der Waals surface area contributed by atoms with Gasteiger partial charge in [0.05, 0.1) is 0 Å². The summed E-state index contributed by atoms with van der Waals surface area (Å²) < 4.78 is 0. The molecule has 0 atom stereocenters. The third-order valence-corrected chi connectivity index (χ3v) is 4.01. The first-order chi connectivity index (χ1) is 9.16. The Morgan fingerprint density at radius 1 is 1.11 bits per heavy atom. The summed E-state index contributed by atoms with van der Waals surface area (Å²) >= 11 is 1.21. The average Bonchev–Trinajstić information content (AvgIpc) is 2.78. The predicted molar refractivity (Wildman–Crippen MR) is 76.4 cm³/mol. The predicted octanol–water partition coefficient (Wildman–Crippen LogP) is 2.36. The van der Waals surface area contributed by atoms with Crippen molar-refractivity contribution < 1.29 is 4.79 Å². The van der Waals surface area contributed by atoms with Gasteiger partial charge in [0.15, 0.2) is 0 Å². The van der Waals surface area contributed by atoms with Crippen LogP contribution >= 0.6 is 11.3 Å². The van der Waals surface area contributed by atoms with Gasteiger partial charge in [0, 0.05) is 17.0 Å². The van der Waals surface area contributed by atoms with Crippen LogP contribution in [-0.4, -0.2) is 10.9 Å². The van der Waals surface area contributed by atoms with E-state index in [0.717, 1.165) is 16.5 Å². The Morgan fingerprint density at radius 2 is 1.84 bits per heavy atom. The second kappa shape index (κ2) is 4.37. The zero-order valence-electron chi connectivity index (χ0n) is 9.84. The molecule has 0 saturated carbocycles. The summed E-state index contributed by atoms with van der Waals surface area (Å²) in [6.45, 7) is 0. The summed E-state index contributed by atoms with van der Waals surface area (Å²) in [6.07, 6.45) is 0. The van der Waals surface area contributed by atoms with Crippen LogP contribution in [0.5, 0.6) is 0 Å². The number of amides is 1. The number of thiophene rings is 1. The number of nitrogens with one attached hydrogen (secondary N) is 1. The number of hydrogen-bond donors (Lipinski definition) is 2. The van der Waals surface area contributed by atoms with E-state index in [1.165, 1.54) is 17.4 Å². The van der Waals surface area contributed by atoms with Crippen molar-refractivity contribution in [1.82, 2.24) is 4.98 Å². The molecule has 2 heterocycles. The smallest absolute Gasteiger partial charge is 0.259 e. The van der Waals surface area contributed by atoms with Crippen LogP contribution in [0.15, 0.2) is 47.3 Å². The average molecular weight is 270 g/mol. The summed E-state index contributed by atoms with van der Waals surface area (Å²) in [7, 11) is 0. The molecule has 2 aromatic heterocycles. The van der Waals surface area contributed by atoms with Crippen LogP contribution < -0.4 is 11.3 Å². The van der Waals surface area contributed by atoms with E-state index >= 15 is 0 Å². The molecule has 3 aromatic rings. The van der Waals surface area contributed by atoms with Crippen LogP contribution in [0.4, 0.5) is 0 Å². The molecule has 0 fully saturated rings. The zero-order chi connectivity index (χ0) is 13.4. The lowest BCUT2D eigenvalue weighted by Gasteiger charge is -2.01. The van der Waals surface area contributed by atoms with Gasteiger partial charge >= 0.3 is 0 Å². The highest BCUT2D eigenvalue weighted by atomic mass is 32.1. The summed E-state index contributed by atoms with van der Waals surface area (Å²) in [5.41, 5.74) is 6.94. The molecule has 0 aliphatic heterocycles. The van der Waals surface area contributed by atoms with Gasteiger partial charge in [0.2, 0.25) is 5.56 Å². The largest absolute Gasteiger partial charge is 0.365 e. The number of carbonyl (C=O) groups excluding carboxylic acids is 1. The van der Waals surface area contributed by atoms with E-state index in [4.69, 9.17) is 5.73 Å². The summed E-state index contributed by atoms with van der Waals surface area (Å²) in [6, 6.07) is 12.7. The van der Waals surface area contributed by atoms with Gasteiger partial charge in [-0.3, -0.25) is 9.59 Å². The van der Waals surface area contributed by atoms with Gasteiger partial charge in [0.1, 0.15) is 9.71 Å². The summed E-state index contributed by atoms with van der Waals surface area (Å²) in [5.74, 6) is -0.485. The molecule has 94 valence electrons. The number of nitrogens with two attached hydrogens (primary N) is 1. The molecule has 1 amide bonds. The third-order valence-electron chi connectivity index (χ3n) is 2.87. The normalized spacial score (nSPS) is 10.7. The highest BCUT2D eigenvalue weighted by Crippen LogP contribution is 2.36. The second-order valence-corrected chi connectivity index (χ2v) is 5.12. The van der Waals surface area contributed by atoms with Crippen LogP contribution in [0, 0.1) is 0 Å². The van der Waals surface area contributed by atoms with E-state index in [-0.39, 0.29) is 5.56 Å². The molecule has 0 unspecified atom stereocenters. The SMILES string of the molecule is NC(=O)c1sc2[nH]c(=O)ccc2c1-c1ccccc1. The van der Waals surface area contributed by atoms with Crippen molar-refractivity contribution in [1.29, 1.82) is 0 Å². The lowest BCUT2D eigenvalue weighted by molar-refractivity contribution is 0.100. The molecular weight excluding hydrogens is 260 g/mol. The van der Waals surface area contributed by atoms with E-state index in [2.05, 4.69) is 4.98 Å². The Morgan fingerprint density at radius 3 is 2.53 bits per heavy atom. The van der Waals surface area contributed by atoms with E-state index in [1.54, 1.807) is 6.07 Å². The number of hydrogen-bond acceptors (Lipinski definition) is 3. The van der Waals surface area contributed by atoms with Gasteiger partial charge in [-0.25, -0.2) is 0 Å². The Bertz CT molecular complexity index is 818. The first-order valence-corrected chi connectivity index (χ1v) is 6.49. The van der Waals surface area contributed by atoms with Crippen molar-refractivity contribution in [2.75, 3.05) is 0 Å². The van der Waals surface area contributed by atoms with Crippen molar-refractivity contribution in [2.24, 2.45) is 5.73 Å². The number of benzene rings is 1. The van der Waals surface area contributed by atoms with Crippen LogP contribution in [-0.2, 0) is 0 Å². The number of aromatic amines is 1. The topological polar surface area (TPSA) is 76.0 Å². The molecular formula is C14H10N2O2S. The maximum absolute atomic E-state index is 11.6. The van der Waals surface area contributed by atoms with Gasteiger partial charge in [0.25, 0.3) is 5.91 Å². The maximum Gasteiger partial charge on any atom is 0.259 e. The lowest BCUT2D eigenvalue weighted by atomic mass is 10.0. The molecule has 0 radical (unpaired) electrons. The van der Waals surface area contributed by atoms with E-state index in [1.807, 2.05) is 30.3 Å². The quantitative estimate of drug-likeness (QED) is 0.750. The molecule has 0 aliphatic carbocycles. The van der Waals surface area contributed by atoms with Gasteiger partial charge in [-0.05, 0) is 11.6 Å². The number of primary amides is 1. The third kappa shape index (κ3) is 1.94. The van der Waals surface area contributed by atoms with Crippen LogP contribution in [0.3, 0.4) is 0 Å². The van der Waals surface area contributed by atoms with Gasteiger partial charge < -0.3 is 10.7 Å². The van der Waals surface area contributed by atoms with Crippen molar-refractivity contribution in [3.05, 3.63) is 57.7 Å². The number of aromatic nitrogens is 1. The molecule has 4 nitrogen and oxygen atoms in total. The standard InChI is InChI=1S/C14H10N2O2S/c15-13(18)12-11(8-4-2-1-3-5-8)9-6-7-10(17)16-14(9)19-12/h1-7H,(H2,15,18)(H,16,17). The molecule has 5 heteroatoms. The molecule has 0 bridgehead atoms. The first-order valence-electron chi connectivity index (χ1n) is 5.68. The number of fused-ring (bicyclic) bond motifs is 1. The van der Waals surface area contributed by atoms with Crippen molar-refractivity contribution in [2.45, 2.75) is 0 Å². The molecule has 0 aliphatic rings. The highest BCUT2D eigenvalue weighted by molar-refractivity contribution is 7.21.